The Morgan fingerprint density at radius 2 is 1.65 bits per heavy atom. The Kier molecular flexibility index (Phi) is 4.63. The molecule has 114 valence electrons. The number of amides is 1. The van der Waals surface area contributed by atoms with Crippen LogP contribution in [0.4, 0.5) is 17.2 Å². The smallest absolute Gasteiger partial charge is 0.275 e. The van der Waals surface area contributed by atoms with E-state index in [4.69, 9.17) is 0 Å². The number of benzene rings is 2. The topological polar surface area (TPSA) is 66.9 Å². The molecule has 0 fully saturated rings. The van der Waals surface area contributed by atoms with Crippen molar-refractivity contribution in [1.29, 1.82) is 0 Å². The van der Waals surface area contributed by atoms with Gasteiger partial charge in [-0.1, -0.05) is 30.3 Å². The van der Waals surface area contributed by atoms with Crippen molar-refractivity contribution in [3.8, 4) is 0 Å². The largest absolute Gasteiger partial charge is 0.338 e. The summed E-state index contributed by atoms with van der Waals surface area (Å²) in [7, 11) is 0. The van der Waals surface area contributed by atoms with Crippen LogP contribution in [0, 0.1) is 0 Å². The van der Waals surface area contributed by atoms with Gasteiger partial charge in [-0.05, 0) is 40.2 Å². The number of nitrogens with zero attached hydrogens (tertiary/aromatic N) is 2. The molecule has 2 N–H and O–H groups in total. The lowest BCUT2D eigenvalue weighted by Crippen LogP contribution is -2.14. The summed E-state index contributed by atoms with van der Waals surface area (Å²) in [4.78, 5) is 20.5. The van der Waals surface area contributed by atoms with Gasteiger partial charge in [0.1, 0.15) is 11.5 Å². The molecule has 0 saturated carbocycles. The molecular weight excluding hydrogens is 356 g/mol. The summed E-state index contributed by atoms with van der Waals surface area (Å²) in [5.41, 5.74) is 1.85. The third-order valence-corrected chi connectivity index (χ3v) is 3.74. The third kappa shape index (κ3) is 3.92. The minimum atomic E-state index is -0.295. The van der Waals surface area contributed by atoms with Crippen molar-refractivity contribution in [2.75, 3.05) is 10.6 Å². The van der Waals surface area contributed by atoms with E-state index in [1.165, 1.54) is 12.4 Å². The third-order valence-electron chi connectivity index (χ3n) is 3.05. The molecule has 23 heavy (non-hydrogen) atoms. The van der Waals surface area contributed by atoms with Crippen molar-refractivity contribution in [2.45, 2.75) is 0 Å². The maximum Gasteiger partial charge on any atom is 0.275 e. The van der Waals surface area contributed by atoms with Crippen LogP contribution in [-0.2, 0) is 0 Å². The molecule has 0 aliphatic carbocycles. The number of aromatic nitrogens is 2. The summed E-state index contributed by atoms with van der Waals surface area (Å²) in [5.74, 6) is 0.268. The summed E-state index contributed by atoms with van der Waals surface area (Å²) < 4.78 is 0.924. The molecule has 3 rings (SSSR count). The molecule has 0 spiro atoms. The Morgan fingerprint density at radius 1 is 0.913 bits per heavy atom. The van der Waals surface area contributed by atoms with Crippen molar-refractivity contribution in [1.82, 2.24) is 9.97 Å². The van der Waals surface area contributed by atoms with Crippen LogP contribution in [0.15, 0.2) is 71.5 Å². The van der Waals surface area contributed by atoms with E-state index in [0.717, 1.165) is 15.8 Å². The molecule has 0 aliphatic heterocycles. The average molecular weight is 369 g/mol. The maximum absolute atomic E-state index is 12.1. The monoisotopic (exact) mass is 368 g/mol. The van der Waals surface area contributed by atoms with Crippen LogP contribution in [0.25, 0.3) is 0 Å². The summed E-state index contributed by atoms with van der Waals surface area (Å²) in [6, 6.07) is 16.9. The predicted molar refractivity (Wildman–Crippen MR) is 93.9 cm³/mol. The lowest BCUT2D eigenvalue weighted by Gasteiger charge is -2.08. The van der Waals surface area contributed by atoms with Crippen LogP contribution in [0.5, 0.6) is 0 Å². The first-order chi connectivity index (χ1) is 11.2. The van der Waals surface area contributed by atoms with E-state index in [1.807, 2.05) is 54.6 Å². The number of nitrogens with one attached hydrogen (secondary N) is 2. The van der Waals surface area contributed by atoms with Gasteiger partial charge < -0.3 is 10.6 Å². The van der Waals surface area contributed by atoms with E-state index in [9.17, 15) is 4.79 Å². The molecule has 1 amide bonds. The number of hydrogen-bond acceptors (Lipinski definition) is 4. The molecule has 0 bridgehead atoms. The normalized spacial score (nSPS) is 10.1. The Hall–Kier alpha value is -2.73. The van der Waals surface area contributed by atoms with Gasteiger partial charge in [0, 0.05) is 10.2 Å². The standard InChI is InChI=1S/C17H13BrN4O/c18-13-8-4-5-9-14(13)22-16-11-19-15(10-20-16)17(23)21-12-6-2-1-3-7-12/h1-11H,(H,20,22)(H,21,23). The van der Waals surface area contributed by atoms with Gasteiger partial charge in [0.05, 0.1) is 18.1 Å². The summed E-state index contributed by atoms with van der Waals surface area (Å²) in [6.07, 6.45) is 2.97. The predicted octanol–water partition coefficient (Wildman–Crippen LogP) is 4.24. The molecule has 0 atom stereocenters. The van der Waals surface area contributed by atoms with Gasteiger partial charge in [-0.15, -0.1) is 0 Å². The van der Waals surface area contributed by atoms with Crippen LogP contribution >= 0.6 is 15.9 Å². The van der Waals surface area contributed by atoms with E-state index in [1.54, 1.807) is 0 Å². The minimum Gasteiger partial charge on any atom is -0.338 e. The molecule has 1 heterocycles. The second-order valence-electron chi connectivity index (χ2n) is 4.71. The Balaban J connectivity index is 1.69. The van der Waals surface area contributed by atoms with Crippen molar-refractivity contribution in [2.24, 2.45) is 0 Å². The number of rotatable bonds is 4. The Morgan fingerprint density at radius 3 is 2.35 bits per heavy atom. The minimum absolute atomic E-state index is 0.256. The molecule has 0 radical (unpaired) electrons. The zero-order valence-electron chi connectivity index (χ0n) is 12.0. The van der Waals surface area contributed by atoms with Crippen LogP contribution in [0.1, 0.15) is 10.5 Å². The summed E-state index contributed by atoms with van der Waals surface area (Å²) >= 11 is 3.45. The fourth-order valence-corrected chi connectivity index (χ4v) is 2.31. The Bertz CT molecular complexity index is 806. The van der Waals surface area contributed by atoms with Crippen LogP contribution < -0.4 is 10.6 Å². The van der Waals surface area contributed by atoms with Crippen molar-refractivity contribution < 1.29 is 4.79 Å². The molecule has 3 aromatic rings. The lowest BCUT2D eigenvalue weighted by atomic mass is 10.3. The van der Waals surface area contributed by atoms with Crippen LogP contribution in [-0.4, -0.2) is 15.9 Å². The quantitative estimate of drug-likeness (QED) is 0.722. The maximum atomic E-state index is 12.1. The zero-order valence-corrected chi connectivity index (χ0v) is 13.6. The van der Waals surface area contributed by atoms with Crippen molar-refractivity contribution in [3.05, 3.63) is 77.2 Å². The molecule has 6 heteroatoms. The first kappa shape index (κ1) is 15.2. The first-order valence-electron chi connectivity index (χ1n) is 6.92. The van der Waals surface area contributed by atoms with Gasteiger partial charge >= 0.3 is 0 Å². The number of carbonyl (C=O) groups is 1. The molecule has 2 aromatic carbocycles. The fraction of sp³-hybridized carbons (Fsp3) is 0. The SMILES string of the molecule is O=C(Nc1ccccc1)c1cnc(Nc2ccccc2Br)cn1. The van der Waals surface area contributed by atoms with Gasteiger partial charge in [-0.2, -0.15) is 0 Å². The highest BCUT2D eigenvalue weighted by atomic mass is 79.9. The van der Waals surface area contributed by atoms with E-state index >= 15 is 0 Å². The highest BCUT2D eigenvalue weighted by Gasteiger charge is 2.08. The molecule has 1 aromatic heterocycles. The highest BCUT2D eigenvalue weighted by molar-refractivity contribution is 9.10. The number of halogens is 1. The molecule has 0 saturated heterocycles. The lowest BCUT2D eigenvalue weighted by molar-refractivity contribution is 0.102. The molecular formula is C17H13BrN4O. The van der Waals surface area contributed by atoms with Gasteiger partial charge in [0.15, 0.2) is 0 Å². The number of carbonyl (C=O) groups excluding carboxylic acids is 1. The summed E-state index contributed by atoms with van der Waals surface area (Å²) in [5, 5.41) is 5.90. The Labute approximate surface area is 141 Å². The van der Waals surface area contributed by atoms with E-state index in [0.29, 0.717) is 5.82 Å². The van der Waals surface area contributed by atoms with Gasteiger partial charge in [-0.25, -0.2) is 9.97 Å². The number of para-hydroxylation sites is 2. The van der Waals surface area contributed by atoms with E-state index in [2.05, 4.69) is 36.5 Å². The van der Waals surface area contributed by atoms with E-state index < -0.39 is 0 Å². The first-order valence-corrected chi connectivity index (χ1v) is 7.72. The second-order valence-corrected chi connectivity index (χ2v) is 5.57. The number of anilines is 3. The van der Waals surface area contributed by atoms with Gasteiger partial charge in [0.2, 0.25) is 0 Å². The molecule has 0 unspecified atom stereocenters. The molecule has 0 aliphatic rings. The van der Waals surface area contributed by atoms with Crippen molar-refractivity contribution in [3.63, 3.8) is 0 Å². The highest BCUT2D eigenvalue weighted by Crippen LogP contribution is 2.24. The van der Waals surface area contributed by atoms with Crippen LogP contribution in [0.2, 0.25) is 0 Å². The molecule has 5 nitrogen and oxygen atoms in total. The van der Waals surface area contributed by atoms with Crippen molar-refractivity contribution >= 4 is 39.0 Å². The number of hydrogen-bond donors (Lipinski definition) is 2. The van der Waals surface area contributed by atoms with Crippen LogP contribution in [0.3, 0.4) is 0 Å². The summed E-state index contributed by atoms with van der Waals surface area (Å²) in [6.45, 7) is 0. The second kappa shape index (κ2) is 7.02. The fourth-order valence-electron chi connectivity index (χ4n) is 1.93. The zero-order chi connectivity index (χ0) is 16.1. The van der Waals surface area contributed by atoms with Gasteiger partial charge in [-0.3, -0.25) is 4.79 Å². The average Bonchev–Trinajstić information content (AvgIpc) is 2.58. The van der Waals surface area contributed by atoms with E-state index in [-0.39, 0.29) is 11.6 Å². The van der Waals surface area contributed by atoms with Gasteiger partial charge in [0.25, 0.3) is 5.91 Å².